The summed E-state index contributed by atoms with van der Waals surface area (Å²) >= 11 is 0. The van der Waals surface area contributed by atoms with Crippen LogP contribution < -0.4 is 11.3 Å². The molecule has 3 N–H and O–H groups in total. The summed E-state index contributed by atoms with van der Waals surface area (Å²) in [5.41, 5.74) is 12.2. The number of aromatic nitrogens is 1. The van der Waals surface area contributed by atoms with Gasteiger partial charge in [-0.3, -0.25) is 4.79 Å². The minimum absolute atomic E-state index is 0.0541. The second kappa shape index (κ2) is 5.07. The zero-order valence-electron chi connectivity index (χ0n) is 13.2. The Bertz CT molecular complexity index is 876. The molecule has 2 aliphatic carbocycles. The number of H-pyrrole nitrogens is 1. The second-order valence-corrected chi connectivity index (χ2v) is 6.48. The first-order valence-corrected chi connectivity index (χ1v) is 8.06. The Morgan fingerprint density at radius 1 is 1.22 bits per heavy atom. The van der Waals surface area contributed by atoms with Gasteiger partial charge in [0.25, 0.3) is 0 Å². The van der Waals surface area contributed by atoms with Gasteiger partial charge in [-0.05, 0) is 48.1 Å². The standard InChI is InChI=1S/C20H20N2O/c1-2-16-14-10-15(13-6-4-3-5-7-13)12-20(16,21)17-8-9-19(23)22-18(17)11-14/h2-10,14H,11-12,21H2,1H3,(H,22,23). The number of hydrogen-bond donors (Lipinski definition) is 2. The molecule has 0 aliphatic heterocycles. The smallest absolute Gasteiger partial charge is 0.248 e. The molecule has 116 valence electrons. The van der Waals surface area contributed by atoms with Crippen LogP contribution in [0.5, 0.6) is 0 Å². The van der Waals surface area contributed by atoms with Crippen LogP contribution in [0.2, 0.25) is 0 Å². The summed E-state index contributed by atoms with van der Waals surface area (Å²) in [6.45, 7) is 2.06. The normalized spacial score (nSPS) is 27.5. The highest BCUT2D eigenvalue weighted by Gasteiger charge is 2.44. The van der Waals surface area contributed by atoms with Crippen LogP contribution in [-0.2, 0) is 12.0 Å². The average molecular weight is 304 g/mol. The van der Waals surface area contributed by atoms with Crippen LogP contribution in [-0.4, -0.2) is 4.98 Å². The number of nitrogens with two attached hydrogens (primary N) is 1. The summed E-state index contributed by atoms with van der Waals surface area (Å²) in [6.07, 6.45) is 6.04. The predicted octanol–water partition coefficient (Wildman–Crippen LogP) is 3.13. The van der Waals surface area contributed by atoms with Crippen molar-refractivity contribution in [2.75, 3.05) is 0 Å². The van der Waals surface area contributed by atoms with E-state index in [-0.39, 0.29) is 11.5 Å². The predicted molar refractivity (Wildman–Crippen MR) is 92.9 cm³/mol. The maximum absolute atomic E-state index is 11.7. The fourth-order valence-electron chi connectivity index (χ4n) is 4.18. The Hall–Kier alpha value is -2.39. The van der Waals surface area contributed by atoms with Gasteiger partial charge >= 0.3 is 0 Å². The zero-order chi connectivity index (χ0) is 16.0. The molecule has 3 heteroatoms. The molecule has 2 atom stereocenters. The number of nitrogens with one attached hydrogen (secondary N) is 1. The van der Waals surface area contributed by atoms with Crippen molar-refractivity contribution in [1.82, 2.24) is 4.98 Å². The summed E-state index contributed by atoms with van der Waals surface area (Å²) in [4.78, 5) is 14.7. The molecule has 1 aromatic heterocycles. The molecule has 2 unspecified atom stereocenters. The van der Waals surface area contributed by atoms with Crippen molar-refractivity contribution in [3.8, 4) is 0 Å². The highest BCUT2D eigenvalue weighted by molar-refractivity contribution is 5.72. The minimum Gasteiger partial charge on any atom is -0.326 e. The SMILES string of the molecule is CC=C1C2C=C(c3ccccc3)CC1(N)c1ccc(=O)[nH]c1C2. The van der Waals surface area contributed by atoms with Crippen LogP contribution in [0.3, 0.4) is 0 Å². The third-order valence-corrected chi connectivity index (χ3v) is 5.15. The number of hydrogen-bond acceptors (Lipinski definition) is 2. The molecule has 1 heterocycles. The number of aromatic amines is 1. The van der Waals surface area contributed by atoms with Gasteiger partial charge in [0.15, 0.2) is 0 Å². The zero-order valence-corrected chi connectivity index (χ0v) is 13.2. The van der Waals surface area contributed by atoms with Gasteiger partial charge in [0.1, 0.15) is 0 Å². The Labute approximate surface area is 135 Å². The molecular formula is C20H20N2O. The van der Waals surface area contributed by atoms with Crippen molar-refractivity contribution in [1.29, 1.82) is 0 Å². The summed E-state index contributed by atoms with van der Waals surface area (Å²) in [6, 6.07) is 13.9. The highest BCUT2D eigenvalue weighted by Crippen LogP contribution is 2.49. The number of allylic oxidation sites excluding steroid dienone is 2. The van der Waals surface area contributed by atoms with Gasteiger partial charge in [-0.2, -0.15) is 0 Å². The molecule has 4 rings (SSSR count). The van der Waals surface area contributed by atoms with Crippen molar-refractivity contribution < 1.29 is 0 Å². The maximum atomic E-state index is 11.7. The second-order valence-electron chi connectivity index (χ2n) is 6.48. The molecule has 23 heavy (non-hydrogen) atoms. The van der Waals surface area contributed by atoms with Gasteiger partial charge in [-0.1, -0.05) is 42.5 Å². The van der Waals surface area contributed by atoms with E-state index in [0.717, 1.165) is 24.1 Å². The molecule has 0 fully saturated rings. The van der Waals surface area contributed by atoms with Crippen molar-refractivity contribution in [3.05, 3.63) is 87.4 Å². The molecule has 0 radical (unpaired) electrons. The van der Waals surface area contributed by atoms with Gasteiger partial charge in [0, 0.05) is 17.7 Å². The Morgan fingerprint density at radius 3 is 2.74 bits per heavy atom. The highest BCUT2D eigenvalue weighted by atomic mass is 16.1. The van der Waals surface area contributed by atoms with Crippen LogP contribution >= 0.6 is 0 Å². The van der Waals surface area contributed by atoms with Gasteiger partial charge in [-0.15, -0.1) is 0 Å². The molecule has 2 aromatic rings. The Kier molecular flexibility index (Phi) is 3.13. The number of pyridine rings is 1. The van der Waals surface area contributed by atoms with E-state index in [1.165, 1.54) is 16.7 Å². The first-order valence-electron chi connectivity index (χ1n) is 8.06. The lowest BCUT2D eigenvalue weighted by molar-refractivity contribution is 0.429. The molecule has 2 bridgehead atoms. The van der Waals surface area contributed by atoms with E-state index in [9.17, 15) is 4.79 Å². The third-order valence-electron chi connectivity index (χ3n) is 5.15. The molecule has 0 saturated heterocycles. The number of benzene rings is 1. The van der Waals surface area contributed by atoms with E-state index in [0.29, 0.717) is 0 Å². The van der Waals surface area contributed by atoms with Crippen LogP contribution in [0.4, 0.5) is 0 Å². The van der Waals surface area contributed by atoms with Gasteiger partial charge in [0.05, 0.1) is 5.54 Å². The van der Waals surface area contributed by atoms with Gasteiger partial charge in [0.2, 0.25) is 5.56 Å². The first kappa shape index (κ1) is 14.2. The van der Waals surface area contributed by atoms with E-state index >= 15 is 0 Å². The fraction of sp³-hybridized carbons (Fsp3) is 0.250. The number of rotatable bonds is 1. The molecule has 2 aliphatic rings. The van der Waals surface area contributed by atoms with Crippen molar-refractivity contribution in [2.45, 2.75) is 25.3 Å². The van der Waals surface area contributed by atoms with Crippen molar-refractivity contribution in [2.24, 2.45) is 11.7 Å². The Balaban J connectivity index is 1.90. The van der Waals surface area contributed by atoms with E-state index in [2.05, 4.69) is 48.3 Å². The van der Waals surface area contributed by atoms with E-state index in [4.69, 9.17) is 5.73 Å². The molecule has 0 saturated carbocycles. The summed E-state index contributed by atoms with van der Waals surface area (Å²) in [5.74, 6) is 0.250. The topological polar surface area (TPSA) is 58.9 Å². The van der Waals surface area contributed by atoms with E-state index in [1.807, 2.05) is 12.1 Å². The lowest BCUT2D eigenvalue weighted by Crippen LogP contribution is -2.48. The molecule has 0 spiro atoms. The first-order chi connectivity index (χ1) is 11.1. The van der Waals surface area contributed by atoms with Crippen molar-refractivity contribution >= 4 is 5.57 Å². The third kappa shape index (κ3) is 2.12. The van der Waals surface area contributed by atoms with E-state index < -0.39 is 5.54 Å². The monoisotopic (exact) mass is 304 g/mol. The molecule has 0 amide bonds. The number of fused-ring (bicyclic) bond motifs is 4. The minimum atomic E-state index is -0.531. The molecule has 1 aromatic carbocycles. The van der Waals surface area contributed by atoms with Gasteiger partial charge in [-0.25, -0.2) is 0 Å². The Morgan fingerprint density at radius 2 is 2.00 bits per heavy atom. The van der Waals surface area contributed by atoms with Gasteiger partial charge < -0.3 is 10.7 Å². The molecule has 3 nitrogen and oxygen atoms in total. The van der Waals surface area contributed by atoms with Crippen LogP contribution in [0.15, 0.2) is 65.0 Å². The van der Waals surface area contributed by atoms with E-state index in [1.54, 1.807) is 6.07 Å². The quantitative estimate of drug-likeness (QED) is 0.795. The fourth-order valence-corrected chi connectivity index (χ4v) is 4.18. The van der Waals surface area contributed by atoms with Crippen LogP contribution in [0, 0.1) is 5.92 Å². The largest absolute Gasteiger partial charge is 0.326 e. The summed E-state index contributed by atoms with van der Waals surface area (Å²) < 4.78 is 0. The lowest BCUT2D eigenvalue weighted by atomic mass is 9.62. The average Bonchev–Trinajstić information content (AvgIpc) is 2.54. The van der Waals surface area contributed by atoms with Crippen molar-refractivity contribution in [3.63, 3.8) is 0 Å². The molecular weight excluding hydrogens is 284 g/mol. The summed E-state index contributed by atoms with van der Waals surface area (Å²) in [7, 11) is 0. The summed E-state index contributed by atoms with van der Waals surface area (Å²) in [5, 5.41) is 0. The lowest BCUT2D eigenvalue weighted by Gasteiger charge is -2.45. The van der Waals surface area contributed by atoms with Crippen LogP contribution in [0.1, 0.15) is 30.2 Å². The van der Waals surface area contributed by atoms with Crippen LogP contribution in [0.25, 0.3) is 5.57 Å². The maximum Gasteiger partial charge on any atom is 0.248 e.